The molecule has 20 heavy (non-hydrogen) atoms. The molecule has 0 aliphatic heterocycles. The standard InChI is InChI=1S/C18H10Br2/c19-13-3-7-15-11(9-13)1-5-17-16-8-4-14(20)10-12(16)2-6-18(15)17/h1-10H. The molecule has 4 aromatic rings. The fourth-order valence-corrected chi connectivity index (χ4v) is 3.59. The molecule has 0 radical (unpaired) electrons. The Morgan fingerprint density at radius 2 is 0.850 bits per heavy atom. The lowest BCUT2D eigenvalue weighted by Gasteiger charge is -2.08. The van der Waals surface area contributed by atoms with Crippen LogP contribution in [0, 0.1) is 0 Å². The molecular formula is C18H10Br2. The Balaban J connectivity index is 2.21. The third kappa shape index (κ3) is 1.87. The molecule has 0 saturated heterocycles. The quantitative estimate of drug-likeness (QED) is 0.296. The summed E-state index contributed by atoms with van der Waals surface area (Å²) in [5, 5.41) is 7.76. The summed E-state index contributed by atoms with van der Waals surface area (Å²) in [7, 11) is 0. The van der Waals surface area contributed by atoms with E-state index in [1.54, 1.807) is 0 Å². The molecule has 0 aromatic heterocycles. The highest BCUT2D eigenvalue weighted by Crippen LogP contribution is 2.33. The van der Waals surface area contributed by atoms with Crippen LogP contribution in [0.15, 0.2) is 69.6 Å². The number of hydrogen-bond donors (Lipinski definition) is 0. The van der Waals surface area contributed by atoms with Gasteiger partial charge in [0, 0.05) is 8.95 Å². The van der Waals surface area contributed by atoms with Crippen molar-refractivity contribution in [3.05, 3.63) is 69.6 Å². The van der Waals surface area contributed by atoms with Crippen molar-refractivity contribution in [2.75, 3.05) is 0 Å². The van der Waals surface area contributed by atoms with Crippen LogP contribution in [0.5, 0.6) is 0 Å². The summed E-state index contributed by atoms with van der Waals surface area (Å²) in [6, 6.07) is 21.8. The summed E-state index contributed by atoms with van der Waals surface area (Å²) in [5.41, 5.74) is 0. The summed E-state index contributed by atoms with van der Waals surface area (Å²) in [6.45, 7) is 0. The Bertz CT molecular complexity index is 890. The first-order valence-electron chi connectivity index (χ1n) is 6.43. The van der Waals surface area contributed by atoms with E-state index >= 15 is 0 Å². The predicted molar refractivity (Wildman–Crippen MR) is 94.4 cm³/mol. The Labute approximate surface area is 133 Å². The zero-order valence-electron chi connectivity index (χ0n) is 10.5. The van der Waals surface area contributed by atoms with Crippen LogP contribution in [0.1, 0.15) is 0 Å². The third-order valence-electron chi connectivity index (χ3n) is 3.76. The van der Waals surface area contributed by atoms with Gasteiger partial charge < -0.3 is 0 Å². The van der Waals surface area contributed by atoms with E-state index in [9.17, 15) is 0 Å². The Kier molecular flexibility index (Phi) is 2.83. The van der Waals surface area contributed by atoms with Crippen LogP contribution in [0.3, 0.4) is 0 Å². The van der Waals surface area contributed by atoms with E-state index in [0.717, 1.165) is 8.95 Å². The van der Waals surface area contributed by atoms with Crippen LogP contribution in [0.25, 0.3) is 32.3 Å². The van der Waals surface area contributed by atoms with Gasteiger partial charge in [-0.3, -0.25) is 0 Å². The molecular weight excluding hydrogens is 376 g/mol. The Morgan fingerprint density at radius 1 is 0.450 bits per heavy atom. The summed E-state index contributed by atoms with van der Waals surface area (Å²) in [5.74, 6) is 0. The maximum absolute atomic E-state index is 3.54. The lowest BCUT2D eigenvalue weighted by atomic mass is 9.97. The minimum Gasteiger partial charge on any atom is -0.0537 e. The van der Waals surface area contributed by atoms with Crippen LogP contribution in [0.2, 0.25) is 0 Å². The summed E-state index contributed by atoms with van der Waals surface area (Å²) in [4.78, 5) is 0. The predicted octanol–water partition coefficient (Wildman–Crippen LogP) is 6.67. The smallest absolute Gasteiger partial charge is 0.0181 e. The zero-order chi connectivity index (χ0) is 13.7. The van der Waals surface area contributed by atoms with Crippen molar-refractivity contribution < 1.29 is 0 Å². The highest BCUT2D eigenvalue weighted by Gasteiger charge is 2.05. The maximum Gasteiger partial charge on any atom is 0.0181 e. The third-order valence-corrected chi connectivity index (χ3v) is 4.74. The van der Waals surface area contributed by atoms with Gasteiger partial charge in [-0.2, -0.15) is 0 Å². The number of rotatable bonds is 0. The highest BCUT2D eigenvalue weighted by molar-refractivity contribution is 9.10. The maximum atomic E-state index is 3.54. The van der Waals surface area contributed by atoms with E-state index in [4.69, 9.17) is 0 Å². The first-order valence-corrected chi connectivity index (χ1v) is 8.01. The number of halogens is 2. The van der Waals surface area contributed by atoms with E-state index in [-0.39, 0.29) is 0 Å². The number of benzene rings is 4. The monoisotopic (exact) mass is 384 g/mol. The van der Waals surface area contributed by atoms with Crippen LogP contribution >= 0.6 is 31.9 Å². The fourth-order valence-electron chi connectivity index (χ4n) is 2.83. The molecule has 0 atom stereocenters. The average Bonchev–Trinajstić information content (AvgIpc) is 2.45. The Hall–Kier alpha value is -1.38. The lowest BCUT2D eigenvalue weighted by Crippen LogP contribution is -1.81. The van der Waals surface area contributed by atoms with E-state index in [1.807, 2.05) is 0 Å². The van der Waals surface area contributed by atoms with Crippen molar-refractivity contribution in [1.82, 2.24) is 0 Å². The normalized spacial score (nSPS) is 11.5. The summed E-state index contributed by atoms with van der Waals surface area (Å²) < 4.78 is 2.24. The molecule has 0 N–H and O–H groups in total. The van der Waals surface area contributed by atoms with Crippen molar-refractivity contribution in [2.24, 2.45) is 0 Å². The molecule has 0 aliphatic rings. The molecule has 0 amide bonds. The summed E-state index contributed by atoms with van der Waals surface area (Å²) in [6.07, 6.45) is 0. The van der Waals surface area contributed by atoms with Crippen molar-refractivity contribution in [2.45, 2.75) is 0 Å². The van der Waals surface area contributed by atoms with E-state index in [0.29, 0.717) is 0 Å². The molecule has 0 nitrogen and oxygen atoms in total. The molecule has 2 heteroatoms. The molecule has 0 spiro atoms. The first kappa shape index (κ1) is 12.4. The molecule has 0 saturated carbocycles. The molecule has 96 valence electrons. The van der Waals surface area contributed by atoms with Gasteiger partial charge in [0.2, 0.25) is 0 Å². The largest absolute Gasteiger partial charge is 0.0537 e. The zero-order valence-corrected chi connectivity index (χ0v) is 13.7. The number of fused-ring (bicyclic) bond motifs is 5. The van der Waals surface area contributed by atoms with Gasteiger partial charge in [-0.25, -0.2) is 0 Å². The van der Waals surface area contributed by atoms with Gasteiger partial charge in [-0.05, 0) is 56.6 Å². The number of hydrogen-bond acceptors (Lipinski definition) is 0. The minimum absolute atomic E-state index is 1.12. The van der Waals surface area contributed by atoms with E-state index in [2.05, 4.69) is 92.5 Å². The second-order valence-corrected chi connectivity index (χ2v) is 6.79. The lowest BCUT2D eigenvalue weighted by molar-refractivity contribution is 1.71. The van der Waals surface area contributed by atoms with Gasteiger partial charge >= 0.3 is 0 Å². The molecule has 0 bridgehead atoms. The van der Waals surface area contributed by atoms with Gasteiger partial charge in [0.25, 0.3) is 0 Å². The molecule has 4 aromatic carbocycles. The van der Waals surface area contributed by atoms with E-state index < -0.39 is 0 Å². The van der Waals surface area contributed by atoms with Crippen LogP contribution < -0.4 is 0 Å². The van der Waals surface area contributed by atoms with Crippen LogP contribution in [-0.2, 0) is 0 Å². The average molecular weight is 386 g/mol. The van der Waals surface area contributed by atoms with Gasteiger partial charge in [-0.15, -0.1) is 0 Å². The van der Waals surface area contributed by atoms with Crippen LogP contribution in [0.4, 0.5) is 0 Å². The van der Waals surface area contributed by atoms with Gasteiger partial charge in [0.1, 0.15) is 0 Å². The van der Waals surface area contributed by atoms with Gasteiger partial charge in [0.05, 0.1) is 0 Å². The molecule has 0 fully saturated rings. The second-order valence-electron chi connectivity index (χ2n) is 4.96. The second kappa shape index (κ2) is 4.57. The highest BCUT2D eigenvalue weighted by atomic mass is 79.9. The Morgan fingerprint density at radius 3 is 1.30 bits per heavy atom. The van der Waals surface area contributed by atoms with Crippen LogP contribution in [-0.4, -0.2) is 0 Å². The van der Waals surface area contributed by atoms with E-state index in [1.165, 1.54) is 32.3 Å². The fraction of sp³-hybridized carbons (Fsp3) is 0. The molecule has 0 unspecified atom stereocenters. The molecule has 4 rings (SSSR count). The SMILES string of the molecule is Brc1ccc2c(ccc3c4ccc(Br)cc4ccc23)c1. The van der Waals surface area contributed by atoms with Gasteiger partial charge in [-0.1, -0.05) is 68.3 Å². The molecule has 0 heterocycles. The van der Waals surface area contributed by atoms with Gasteiger partial charge in [0.15, 0.2) is 0 Å². The van der Waals surface area contributed by atoms with Crippen molar-refractivity contribution in [3.8, 4) is 0 Å². The van der Waals surface area contributed by atoms with Crippen molar-refractivity contribution >= 4 is 64.2 Å². The minimum atomic E-state index is 1.12. The van der Waals surface area contributed by atoms with Crippen molar-refractivity contribution in [3.63, 3.8) is 0 Å². The first-order chi connectivity index (χ1) is 9.72. The summed E-state index contributed by atoms with van der Waals surface area (Å²) >= 11 is 7.08. The van der Waals surface area contributed by atoms with Crippen molar-refractivity contribution in [1.29, 1.82) is 0 Å². The topological polar surface area (TPSA) is 0 Å². The molecule has 0 aliphatic carbocycles.